The number of aromatic nitrogens is 1. The first-order valence-electron chi connectivity index (χ1n) is 7.71. The standard InChI is InChI=1S/C16H19N3O3S/c20-14(18-12-6-3-4-8-17-16(12)21)9-22-10-15-19-11-5-1-2-7-13(11)23-15/h1-2,5,7,12H,3-4,6,8-10H2,(H,17,21)(H,18,20). The molecular formula is C16H19N3O3S. The molecule has 2 aromatic rings. The fourth-order valence-corrected chi connectivity index (χ4v) is 3.43. The second kappa shape index (κ2) is 7.52. The lowest BCUT2D eigenvalue weighted by Gasteiger charge is -2.14. The third-order valence-electron chi connectivity index (χ3n) is 3.67. The summed E-state index contributed by atoms with van der Waals surface area (Å²) in [6.07, 6.45) is 2.55. The molecule has 0 radical (unpaired) electrons. The minimum Gasteiger partial charge on any atom is -0.364 e. The molecule has 2 amide bonds. The number of fused-ring (bicyclic) bond motifs is 1. The van der Waals surface area contributed by atoms with Gasteiger partial charge in [-0.25, -0.2) is 4.98 Å². The highest BCUT2D eigenvalue weighted by Crippen LogP contribution is 2.21. The van der Waals surface area contributed by atoms with Crippen molar-refractivity contribution in [3.05, 3.63) is 29.3 Å². The Morgan fingerprint density at radius 1 is 1.39 bits per heavy atom. The van der Waals surface area contributed by atoms with Gasteiger partial charge < -0.3 is 15.4 Å². The maximum absolute atomic E-state index is 11.9. The molecule has 23 heavy (non-hydrogen) atoms. The van der Waals surface area contributed by atoms with Crippen molar-refractivity contribution >= 4 is 33.4 Å². The summed E-state index contributed by atoms with van der Waals surface area (Å²) in [6.45, 7) is 0.905. The van der Waals surface area contributed by atoms with E-state index in [0.717, 1.165) is 28.1 Å². The van der Waals surface area contributed by atoms with E-state index < -0.39 is 6.04 Å². The summed E-state index contributed by atoms with van der Waals surface area (Å²) in [5, 5.41) is 6.36. The number of ether oxygens (including phenoxy) is 1. The van der Waals surface area contributed by atoms with E-state index in [2.05, 4.69) is 15.6 Å². The van der Waals surface area contributed by atoms with Crippen LogP contribution < -0.4 is 10.6 Å². The first-order chi connectivity index (χ1) is 11.2. The van der Waals surface area contributed by atoms with Crippen molar-refractivity contribution in [3.8, 4) is 0 Å². The summed E-state index contributed by atoms with van der Waals surface area (Å²) in [6, 6.07) is 7.42. The predicted molar refractivity (Wildman–Crippen MR) is 88.1 cm³/mol. The molecule has 1 fully saturated rings. The van der Waals surface area contributed by atoms with E-state index in [1.165, 1.54) is 0 Å². The highest BCUT2D eigenvalue weighted by molar-refractivity contribution is 7.18. The van der Waals surface area contributed by atoms with Gasteiger partial charge in [0.25, 0.3) is 0 Å². The van der Waals surface area contributed by atoms with Gasteiger partial charge in [0, 0.05) is 6.54 Å². The molecule has 2 N–H and O–H groups in total. The summed E-state index contributed by atoms with van der Waals surface area (Å²) < 4.78 is 6.53. The van der Waals surface area contributed by atoms with Crippen LogP contribution >= 0.6 is 11.3 Å². The summed E-state index contributed by atoms with van der Waals surface area (Å²) >= 11 is 1.56. The summed E-state index contributed by atoms with van der Waals surface area (Å²) in [5.74, 6) is -0.379. The molecule has 1 unspecified atom stereocenters. The van der Waals surface area contributed by atoms with Gasteiger partial charge in [0.05, 0.1) is 16.8 Å². The number of nitrogens with one attached hydrogen (secondary N) is 2. The smallest absolute Gasteiger partial charge is 0.246 e. The van der Waals surface area contributed by atoms with Crippen LogP contribution in [0.2, 0.25) is 0 Å². The largest absolute Gasteiger partial charge is 0.364 e. The third kappa shape index (κ3) is 4.27. The summed E-state index contributed by atoms with van der Waals surface area (Å²) in [5.41, 5.74) is 0.940. The number of carbonyl (C=O) groups excluding carboxylic acids is 2. The monoisotopic (exact) mass is 333 g/mol. The van der Waals surface area contributed by atoms with Gasteiger partial charge in [-0.3, -0.25) is 9.59 Å². The Labute approximate surface area is 138 Å². The Kier molecular flexibility index (Phi) is 5.19. The van der Waals surface area contributed by atoms with E-state index in [4.69, 9.17) is 4.74 Å². The van der Waals surface area contributed by atoms with Crippen molar-refractivity contribution in [3.63, 3.8) is 0 Å². The number of para-hydroxylation sites is 1. The number of rotatable bonds is 5. The summed E-state index contributed by atoms with van der Waals surface area (Å²) in [7, 11) is 0. The van der Waals surface area contributed by atoms with Crippen molar-refractivity contribution in [1.29, 1.82) is 0 Å². The lowest BCUT2D eigenvalue weighted by molar-refractivity contribution is -0.131. The zero-order valence-electron chi connectivity index (χ0n) is 12.7. The van der Waals surface area contributed by atoms with Crippen LogP contribution in [0.15, 0.2) is 24.3 Å². The Hall–Kier alpha value is -1.99. The molecule has 1 aromatic carbocycles. The van der Waals surface area contributed by atoms with Gasteiger partial charge in [-0.1, -0.05) is 12.1 Å². The van der Waals surface area contributed by atoms with Crippen molar-refractivity contribution < 1.29 is 14.3 Å². The van der Waals surface area contributed by atoms with Gasteiger partial charge >= 0.3 is 0 Å². The van der Waals surface area contributed by atoms with Crippen molar-refractivity contribution in [2.24, 2.45) is 0 Å². The van der Waals surface area contributed by atoms with Crippen LogP contribution in [-0.2, 0) is 20.9 Å². The van der Waals surface area contributed by atoms with Crippen molar-refractivity contribution in [1.82, 2.24) is 15.6 Å². The molecule has 0 aliphatic carbocycles. The molecule has 1 saturated heterocycles. The van der Waals surface area contributed by atoms with Gasteiger partial charge in [-0.15, -0.1) is 11.3 Å². The first kappa shape index (κ1) is 15.9. The van der Waals surface area contributed by atoms with Crippen LogP contribution in [-0.4, -0.2) is 36.0 Å². The Bertz CT molecular complexity index is 668. The Balaban J connectivity index is 1.46. The zero-order chi connectivity index (χ0) is 16.1. The number of hydrogen-bond acceptors (Lipinski definition) is 5. The molecule has 3 rings (SSSR count). The van der Waals surface area contributed by atoms with E-state index in [0.29, 0.717) is 19.6 Å². The van der Waals surface area contributed by atoms with Crippen LogP contribution in [0.3, 0.4) is 0 Å². The fourth-order valence-electron chi connectivity index (χ4n) is 2.53. The molecule has 122 valence electrons. The number of nitrogens with zero attached hydrogens (tertiary/aromatic N) is 1. The third-order valence-corrected chi connectivity index (χ3v) is 4.68. The SMILES string of the molecule is O=C(COCc1nc2ccccc2s1)NC1CCCCNC1=O. The van der Waals surface area contributed by atoms with Gasteiger partial charge in [-0.2, -0.15) is 0 Å². The molecule has 0 bridgehead atoms. The van der Waals surface area contributed by atoms with E-state index in [9.17, 15) is 9.59 Å². The average Bonchev–Trinajstić information content (AvgIpc) is 2.85. The zero-order valence-corrected chi connectivity index (χ0v) is 13.5. The van der Waals surface area contributed by atoms with Crippen LogP contribution in [0, 0.1) is 0 Å². The second-order valence-electron chi connectivity index (χ2n) is 5.48. The molecule has 1 aliphatic heterocycles. The lowest BCUT2D eigenvalue weighted by atomic mass is 10.1. The Morgan fingerprint density at radius 2 is 2.26 bits per heavy atom. The molecule has 1 aliphatic rings. The Morgan fingerprint density at radius 3 is 3.13 bits per heavy atom. The highest BCUT2D eigenvalue weighted by atomic mass is 32.1. The predicted octanol–water partition coefficient (Wildman–Crippen LogP) is 1.60. The van der Waals surface area contributed by atoms with E-state index in [1.807, 2.05) is 24.3 Å². The number of benzene rings is 1. The maximum Gasteiger partial charge on any atom is 0.246 e. The molecule has 1 atom stereocenters. The molecule has 2 heterocycles. The maximum atomic E-state index is 11.9. The molecule has 0 saturated carbocycles. The molecule has 0 spiro atoms. The number of thiazole rings is 1. The van der Waals surface area contributed by atoms with E-state index >= 15 is 0 Å². The van der Waals surface area contributed by atoms with Gasteiger partial charge in [-0.05, 0) is 31.4 Å². The van der Waals surface area contributed by atoms with Crippen LogP contribution in [0.25, 0.3) is 10.2 Å². The second-order valence-corrected chi connectivity index (χ2v) is 6.59. The quantitative estimate of drug-likeness (QED) is 0.871. The lowest BCUT2D eigenvalue weighted by Crippen LogP contribution is -2.46. The normalized spacial score (nSPS) is 18.4. The summed E-state index contributed by atoms with van der Waals surface area (Å²) in [4.78, 5) is 28.1. The molecule has 1 aromatic heterocycles. The first-order valence-corrected chi connectivity index (χ1v) is 8.53. The fraction of sp³-hybridized carbons (Fsp3) is 0.438. The van der Waals surface area contributed by atoms with E-state index in [-0.39, 0.29) is 18.4 Å². The molecule has 7 heteroatoms. The van der Waals surface area contributed by atoms with Crippen molar-refractivity contribution in [2.75, 3.05) is 13.2 Å². The number of hydrogen-bond donors (Lipinski definition) is 2. The minimum atomic E-state index is -0.448. The minimum absolute atomic E-state index is 0.0697. The van der Waals surface area contributed by atoms with Gasteiger partial charge in [0.2, 0.25) is 11.8 Å². The van der Waals surface area contributed by atoms with Crippen molar-refractivity contribution in [2.45, 2.75) is 31.9 Å². The topological polar surface area (TPSA) is 80.3 Å². The van der Waals surface area contributed by atoms with Crippen LogP contribution in [0.1, 0.15) is 24.3 Å². The molecular weight excluding hydrogens is 314 g/mol. The average molecular weight is 333 g/mol. The number of carbonyl (C=O) groups is 2. The highest BCUT2D eigenvalue weighted by Gasteiger charge is 2.22. The van der Waals surface area contributed by atoms with Gasteiger partial charge in [0.15, 0.2) is 0 Å². The van der Waals surface area contributed by atoms with E-state index in [1.54, 1.807) is 11.3 Å². The van der Waals surface area contributed by atoms with Crippen LogP contribution in [0.5, 0.6) is 0 Å². The molecule has 6 nitrogen and oxygen atoms in total. The van der Waals surface area contributed by atoms with Gasteiger partial charge in [0.1, 0.15) is 17.7 Å². The van der Waals surface area contributed by atoms with Crippen LogP contribution in [0.4, 0.5) is 0 Å². The number of amides is 2.